The molecule has 2 heterocycles. The highest BCUT2D eigenvalue weighted by Gasteiger charge is 2.27. The molecular formula is C18H27N3O3S. The van der Waals surface area contributed by atoms with Crippen LogP contribution in [-0.4, -0.2) is 52.1 Å². The normalized spacial score (nSPS) is 21.6. The molecule has 0 amide bonds. The fourth-order valence-electron chi connectivity index (χ4n) is 3.30. The van der Waals surface area contributed by atoms with Crippen molar-refractivity contribution in [3.63, 3.8) is 0 Å². The molecule has 0 aromatic heterocycles. The third-order valence-corrected chi connectivity index (χ3v) is 6.48. The molecule has 1 aromatic rings. The number of guanidine groups is 1. The lowest BCUT2D eigenvalue weighted by molar-refractivity contribution is 0.357. The van der Waals surface area contributed by atoms with Crippen LogP contribution in [0, 0.1) is 5.92 Å². The lowest BCUT2D eigenvalue weighted by Gasteiger charge is -2.13. The summed E-state index contributed by atoms with van der Waals surface area (Å²) in [5, 5.41) is 6.56. The van der Waals surface area contributed by atoms with Crippen LogP contribution in [0.5, 0.6) is 5.75 Å². The standard InChI is InChI=1S/C18H27N3O3S/c1-2-19-18(21-12-15-7-10-25(22,23)13-15)20-8-5-14-3-4-17-16(11-14)6-9-24-17/h3-4,11,15H,2,5-10,12-13H2,1H3,(H2,19,20,21). The number of aliphatic imine (C=N–C) groups is 1. The van der Waals surface area contributed by atoms with Gasteiger partial charge in [0, 0.05) is 26.1 Å². The first-order valence-electron chi connectivity index (χ1n) is 9.03. The summed E-state index contributed by atoms with van der Waals surface area (Å²) in [4.78, 5) is 4.56. The highest BCUT2D eigenvalue weighted by molar-refractivity contribution is 7.91. The summed E-state index contributed by atoms with van der Waals surface area (Å²) in [6.07, 6.45) is 2.63. The van der Waals surface area contributed by atoms with E-state index < -0.39 is 9.84 Å². The van der Waals surface area contributed by atoms with Gasteiger partial charge in [-0.05, 0) is 42.9 Å². The second-order valence-electron chi connectivity index (χ2n) is 6.71. The maximum absolute atomic E-state index is 11.5. The van der Waals surface area contributed by atoms with Crippen LogP contribution in [-0.2, 0) is 22.7 Å². The Balaban J connectivity index is 1.49. The zero-order valence-corrected chi connectivity index (χ0v) is 15.6. The summed E-state index contributed by atoms with van der Waals surface area (Å²) in [5.41, 5.74) is 2.58. The van der Waals surface area contributed by atoms with Crippen LogP contribution < -0.4 is 15.4 Å². The van der Waals surface area contributed by atoms with Crippen molar-refractivity contribution in [2.45, 2.75) is 26.2 Å². The molecule has 0 saturated carbocycles. The summed E-state index contributed by atoms with van der Waals surface area (Å²) in [6.45, 7) is 4.94. The summed E-state index contributed by atoms with van der Waals surface area (Å²) < 4.78 is 28.6. The average molecular weight is 365 g/mol. The lowest BCUT2D eigenvalue weighted by atomic mass is 10.1. The zero-order chi connectivity index (χ0) is 17.7. The molecule has 6 nitrogen and oxygen atoms in total. The number of ether oxygens (including phenoxy) is 1. The minimum atomic E-state index is -2.83. The van der Waals surface area contributed by atoms with Crippen molar-refractivity contribution in [1.82, 2.24) is 10.6 Å². The van der Waals surface area contributed by atoms with Crippen LogP contribution in [0.3, 0.4) is 0 Å². The Morgan fingerprint density at radius 3 is 3.00 bits per heavy atom. The molecule has 0 aliphatic carbocycles. The van der Waals surface area contributed by atoms with E-state index in [-0.39, 0.29) is 11.7 Å². The van der Waals surface area contributed by atoms with Crippen LogP contribution in [0.15, 0.2) is 23.2 Å². The van der Waals surface area contributed by atoms with Gasteiger partial charge in [-0.2, -0.15) is 0 Å². The fraction of sp³-hybridized carbons (Fsp3) is 0.611. The van der Waals surface area contributed by atoms with Crippen LogP contribution >= 0.6 is 0 Å². The molecule has 2 aliphatic heterocycles. The molecule has 1 unspecified atom stereocenters. The van der Waals surface area contributed by atoms with Gasteiger partial charge in [0.15, 0.2) is 15.8 Å². The Morgan fingerprint density at radius 1 is 1.36 bits per heavy atom. The number of benzene rings is 1. The lowest BCUT2D eigenvalue weighted by Crippen LogP contribution is -2.38. The number of fused-ring (bicyclic) bond motifs is 1. The monoisotopic (exact) mass is 365 g/mol. The molecule has 2 N–H and O–H groups in total. The Hall–Kier alpha value is -1.76. The second kappa shape index (κ2) is 8.08. The molecule has 25 heavy (non-hydrogen) atoms. The molecule has 0 spiro atoms. The largest absolute Gasteiger partial charge is 0.493 e. The maximum Gasteiger partial charge on any atom is 0.191 e. The van der Waals surface area contributed by atoms with Gasteiger partial charge in [-0.15, -0.1) is 0 Å². The second-order valence-corrected chi connectivity index (χ2v) is 8.93. The van der Waals surface area contributed by atoms with E-state index in [1.807, 2.05) is 6.92 Å². The molecule has 0 bridgehead atoms. The predicted octanol–water partition coefficient (Wildman–Crippen LogP) is 1.15. The summed E-state index contributed by atoms with van der Waals surface area (Å²) in [6, 6.07) is 6.38. The van der Waals surface area contributed by atoms with Crippen molar-refractivity contribution in [3.8, 4) is 5.75 Å². The summed E-state index contributed by atoms with van der Waals surface area (Å²) in [5.74, 6) is 2.50. The Morgan fingerprint density at radius 2 is 2.24 bits per heavy atom. The Bertz CT molecular complexity index is 731. The topological polar surface area (TPSA) is 79.8 Å². The van der Waals surface area contributed by atoms with Gasteiger partial charge in [-0.25, -0.2) is 8.42 Å². The van der Waals surface area contributed by atoms with Crippen molar-refractivity contribution in [3.05, 3.63) is 29.3 Å². The number of hydrogen-bond acceptors (Lipinski definition) is 4. The number of rotatable bonds is 6. The molecule has 1 aromatic carbocycles. The first kappa shape index (κ1) is 18.0. The van der Waals surface area contributed by atoms with Crippen molar-refractivity contribution in [2.75, 3.05) is 37.7 Å². The van der Waals surface area contributed by atoms with Crippen molar-refractivity contribution in [1.29, 1.82) is 0 Å². The summed E-state index contributed by atoms with van der Waals surface area (Å²) >= 11 is 0. The van der Waals surface area contributed by atoms with Crippen molar-refractivity contribution >= 4 is 15.8 Å². The SMILES string of the molecule is CCNC(=NCC1CCS(=O)(=O)C1)NCCc1ccc2c(c1)CCO2. The first-order valence-corrected chi connectivity index (χ1v) is 10.8. The van der Waals surface area contributed by atoms with E-state index in [9.17, 15) is 8.42 Å². The number of hydrogen-bond donors (Lipinski definition) is 2. The minimum absolute atomic E-state index is 0.150. The van der Waals surface area contributed by atoms with Gasteiger partial charge in [0.1, 0.15) is 5.75 Å². The smallest absolute Gasteiger partial charge is 0.191 e. The van der Waals surface area contributed by atoms with E-state index in [1.54, 1.807) is 0 Å². The number of nitrogens with one attached hydrogen (secondary N) is 2. The van der Waals surface area contributed by atoms with Crippen LogP contribution in [0.1, 0.15) is 24.5 Å². The maximum atomic E-state index is 11.5. The first-order chi connectivity index (χ1) is 12.1. The molecule has 1 atom stereocenters. The van der Waals surface area contributed by atoms with Crippen LogP contribution in [0.2, 0.25) is 0 Å². The van der Waals surface area contributed by atoms with Gasteiger partial charge in [-0.1, -0.05) is 12.1 Å². The quantitative estimate of drug-likeness (QED) is 0.584. The van der Waals surface area contributed by atoms with E-state index in [1.165, 1.54) is 11.1 Å². The molecule has 2 aliphatic rings. The average Bonchev–Trinajstić information content (AvgIpc) is 3.18. The van der Waals surface area contributed by atoms with Gasteiger partial charge in [0.2, 0.25) is 0 Å². The van der Waals surface area contributed by atoms with Crippen LogP contribution in [0.25, 0.3) is 0 Å². The third-order valence-electron chi connectivity index (χ3n) is 4.64. The van der Waals surface area contributed by atoms with Crippen LogP contribution in [0.4, 0.5) is 0 Å². The molecular weight excluding hydrogens is 338 g/mol. The molecule has 7 heteroatoms. The fourth-order valence-corrected chi connectivity index (χ4v) is 5.15. The Labute approximate surface area is 150 Å². The minimum Gasteiger partial charge on any atom is -0.493 e. The van der Waals surface area contributed by atoms with E-state index in [0.717, 1.165) is 50.7 Å². The predicted molar refractivity (Wildman–Crippen MR) is 100 cm³/mol. The van der Waals surface area contributed by atoms with Crippen molar-refractivity contribution in [2.24, 2.45) is 10.9 Å². The van der Waals surface area contributed by atoms with Gasteiger partial charge >= 0.3 is 0 Å². The van der Waals surface area contributed by atoms with Gasteiger partial charge < -0.3 is 15.4 Å². The highest BCUT2D eigenvalue weighted by Crippen LogP contribution is 2.25. The molecule has 1 saturated heterocycles. The van der Waals surface area contributed by atoms with Gasteiger partial charge in [0.05, 0.1) is 18.1 Å². The molecule has 1 fully saturated rings. The molecule has 0 radical (unpaired) electrons. The zero-order valence-electron chi connectivity index (χ0n) is 14.8. The number of sulfone groups is 1. The highest BCUT2D eigenvalue weighted by atomic mass is 32.2. The van der Waals surface area contributed by atoms with Gasteiger partial charge in [0.25, 0.3) is 0 Å². The van der Waals surface area contributed by atoms with Gasteiger partial charge in [-0.3, -0.25) is 4.99 Å². The molecule has 3 rings (SSSR count). The van der Waals surface area contributed by atoms with E-state index in [2.05, 4.69) is 33.8 Å². The van der Waals surface area contributed by atoms with E-state index in [4.69, 9.17) is 4.74 Å². The van der Waals surface area contributed by atoms with E-state index >= 15 is 0 Å². The third kappa shape index (κ3) is 5.11. The Kier molecular flexibility index (Phi) is 5.83. The van der Waals surface area contributed by atoms with Crippen molar-refractivity contribution < 1.29 is 13.2 Å². The molecule has 138 valence electrons. The number of nitrogens with zero attached hydrogens (tertiary/aromatic N) is 1. The van der Waals surface area contributed by atoms with E-state index in [0.29, 0.717) is 12.3 Å². The summed E-state index contributed by atoms with van der Waals surface area (Å²) in [7, 11) is -2.83.